The van der Waals surface area contributed by atoms with E-state index in [1.807, 2.05) is 60.9 Å². The van der Waals surface area contributed by atoms with Crippen LogP contribution in [0.3, 0.4) is 0 Å². The van der Waals surface area contributed by atoms with Crippen LogP contribution >= 0.6 is 11.9 Å². The number of aromatic nitrogens is 1. The number of nitrogens with one attached hydrogen (secondary N) is 5. The fourth-order valence-corrected chi connectivity index (χ4v) is 7.17. The third-order valence-corrected chi connectivity index (χ3v) is 10.3. The van der Waals surface area contributed by atoms with Crippen molar-refractivity contribution in [3.05, 3.63) is 96.2 Å². The van der Waals surface area contributed by atoms with Crippen LogP contribution in [0.1, 0.15) is 43.1 Å². The summed E-state index contributed by atoms with van der Waals surface area (Å²) < 4.78 is 21.0. The molecule has 0 saturated carbocycles. The molecule has 2 heterocycles. The number of methoxy groups -OCH3 is 2. The van der Waals surface area contributed by atoms with Gasteiger partial charge in [0.05, 0.1) is 31.3 Å². The predicted octanol–water partition coefficient (Wildman–Crippen LogP) is 8.79. The molecule has 5 N–H and O–H groups in total. The number of ether oxygens (including phenoxy) is 3. The molecule has 6 rings (SSSR count). The van der Waals surface area contributed by atoms with E-state index in [-0.39, 0.29) is 11.3 Å². The van der Waals surface area contributed by atoms with E-state index >= 15 is 0 Å². The molecule has 0 bridgehead atoms. The Labute approximate surface area is 345 Å². The summed E-state index contributed by atoms with van der Waals surface area (Å²) >= 11 is 1.45. The van der Waals surface area contributed by atoms with Crippen molar-refractivity contribution in [2.45, 2.75) is 32.6 Å². The minimum Gasteiger partial charge on any atom is -0.497 e. The highest BCUT2D eigenvalue weighted by Gasteiger charge is 2.22. The van der Waals surface area contributed by atoms with E-state index in [1.165, 1.54) is 11.9 Å². The zero-order valence-electron chi connectivity index (χ0n) is 34.3. The number of carbonyl (C=O) groups excluding carboxylic acids is 2. The topological polar surface area (TPSA) is 141 Å². The van der Waals surface area contributed by atoms with Crippen molar-refractivity contribution in [3.63, 3.8) is 0 Å². The van der Waals surface area contributed by atoms with Gasteiger partial charge in [-0.05, 0) is 80.0 Å². The van der Waals surface area contributed by atoms with Gasteiger partial charge in [-0.1, -0.05) is 57.0 Å². The fourth-order valence-electron chi connectivity index (χ4n) is 6.80. The van der Waals surface area contributed by atoms with Crippen molar-refractivity contribution >= 4 is 63.2 Å². The average molecular weight is 807 g/mol. The molecule has 5 aromatic rings. The summed E-state index contributed by atoms with van der Waals surface area (Å²) in [7, 11) is 5.31. The molecule has 3 amide bonds. The first-order valence-corrected chi connectivity index (χ1v) is 20.6. The number of hydrogen-bond donors (Lipinski definition) is 5. The highest BCUT2D eigenvalue weighted by atomic mass is 32.2. The normalized spacial score (nSPS) is 13.6. The highest BCUT2D eigenvalue weighted by Crippen LogP contribution is 2.40. The number of carbonyl (C=O) groups is 2. The number of anilines is 5. The smallest absolute Gasteiger partial charge is 0.323 e. The molecule has 1 saturated heterocycles. The minimum absolute atomic E-state index is 0.160. The molecule has 0 unspecified atom stereocenters. The maximum absolute atomic E-state index is 13.5. The first kappa shape index (κ1) is 41.9. The molecular weight excluding hydrogens is 753 g/mol. The SMILES string of the molecule is COc1cc(Nc2cc(Oc3ccc(NC(=O)Nc4cc(C(C)(C)C)cc(NSC)c4OC)c4ccccc34)ccn2)cc(C(=O)NCCN2CCCN(C)CC2)c1. The summed E-state index contributed by atoms with van der Waals surface area (Å²) in [5, 5.41) is 14.0. The van der Waals surface area contributed by atoms with Crippen LogP contribution in [0, 0.1) is 0 Å². The molecular formula is C44H54N8O5S. The Kier molecular flexibility index (Phi) is 13.9. The monoisotopic (exact) mass is 806 g/mol. The number of pyridine rings is 1. The van der Waals surface area contributed by atoms with E-state index in [4.69, 9.17) is 14.2 Å². The van der Waals surface area contributed by atoms with Crippen molar-refractivity contribution in [2.75, 3.05) is 87.5 Å². The summed E-state index contributed by atoms with van der Waals surface area (Å²) in [5.74, 6) is 2.57. The quantitative estimate of drug-likeness (QED) is 0.0688. The maximum Gasteiger partial charge on any atom is 0.323 e. The maximum atomic E-state index is 13.5. The highest BCUT2D eigenvalue weighted by molar-refractivity contribution is 7.99. The molecule has 13 nitrogen and oxygen atoms in total. The number of benzene rings is 4. The molecule has 14 heteroatoms. The van der Waals surface area contributed by atoms with Gasteiger partial charge in [0.15, 0.2) is 5.75 Å². The molecule has 58 heavy (non-hydrogen) atoms. The number of likely N-dealkylation sites (N-methyl/N-ethyl adjacent to an activating group) is 1. The van der Waals surface area contributed by atoms with Crippen molar-refractivity contribution < 1.29 is 23.8 Å². The van der Waals surface area contributed by atoms with Crippen molar-refractivity contribution in [1.29, 1.82) is 0 Å². The van der Waals surface area contributed by atoms with Gasteiger partial charge in [-0.2, -0.15) is 0 Å². The van der Waals surface area contributed by atoms with Gasteiger partial charge in [-0.25, -0.2) is 9.78 Å². The Morgan fingerprint density at radius 3 is 2.36 bits per heavy atom. The third kappa shape index (κ3) is 10.8. The van der Waals surface area contributed by atoms with Crippen LogP contribution in [0.25, 0.3) is 10.8 Å². The molecule has 0 spiro atoms. The lowest BCUT2D eigenvalue weighted by atomic mass is 9.86. The van der Waals surface area contributed by atoms with Gasteiger partial charge >= 0.3 is 6.03 Å². The standard InChI is InChI=1S/C44H54N8O5S/c1-44(2,3)30-25-37(41(56-6)38(26-30)50-58-7)49-43(54)48-36-13-14-39(35-12-9-8-11-34(35)36)57-32-15-16-45-40(28-32)47-31-23-29(24-33(27-31)55-5)42(53)46-17-20-52-19-10-18-51(4)21-22-52/h8-9,11-16,23-28,50H,10,17-22H2,1-7H3,(H,45,47)(H,46,53)(H2,48,49,54). The van der Waals surface area contributed by atoms with Crippen molar-refractivity contribution in [3.8, 4) is 23.0 Å². The van der Waals surface area contributed by atoms with Crippen LogP contribution < -0.4 is 40.2 Å². The second kappa shape index (κ2) is 19.2. The predicted molar refractivity (Wildman–Crippen MR) is 237 cm³/mol. The van der Waals surface area contributed by atoms with Crippen molar-refractivity contribution in [1.82, 2.24) is 20.1 Å². The van der Waals surface area contributed by atoms with E-state index in [2.05, 4.69) is 68.6 Å². The Bertz CT molecular complexity index is 2230. The van der Waals surface area contributed by atoms with Crippen LogP contribution in [0.2, 0.25) is 0 Å². The summed E-state index contributed by atoms with van der Waals surface area (Å²) in [4.78, 5) is 36.0. The molecule has 306 valence electrons. The van der Waals surface area contributed by atoms with E-state index in [0.717, 1.165) is 61.2 Å². The zero-order chi connectivity index (χ0) is 41.2. The van der Waals surface area contributed by atoms with E-state index in [9.17, 15) is 9.59 Å². The molecule has 0 radical (unpaired) electrons. The number of nitrogens with zero attached hydrogens (tertiary/aromatic N) is 3. The Morgan fingerprint density at radius 2 is 1.60 bits per heavy atom. The van der Waals surface area contributed by atoms with Crippen LogP contribution in [-0.4, -0.2) is 93.5 Å². The minimum atomic E-state index is -0.414. The van der Waals surface area contributed by atoms with E-state index < -0.39 is 6.03 Å². The van der Waals surface area contributed by atoms with E-state index in [1.54, 1.807) is 44.7 Å². The van der Waals surface area contributed by atoms with E-state index in [0.29, 0.717) is 58.0 Å². The molecule has 1 fully saturated rings. The van der Waals surface area contributed by atoms with Gasteiger partial charge in [-0.15, -0.1) is 0 Å². The molecule has 1 aliphatic heterocycles. The fraction of sp³-hybridized carbons (Fsp3) is 0.341. The summed E-state index contributed by atoms with van der Waals surface area (Å²) in [5.41, 5.74) is 3.94. The Hall–Kier alpha value is -5.70. The van der Waals surface area contributed by atoms with Crippen LogP contribution in [-0.2, 0) is 5.41 Å². The van der Waals surface area contributed by atoms with Crippen LogP contribution in [0.4, 0.5) is 33.4 Å². The largest absolute Gasteiger partial charge is 0.497 e. The second-order valence-electron chi connectivity index (χ2n) is 15.2. The lowest BCUT2D eigenvalue weighted by molar-refractivity contribution is 0.0948. The molecule has 0 aliphatic carbocycles. The van der Waals surface area contributed by atoms with Gasteiger partial charge in [0, 0.05) is 72.8 Å². The van der Waals surface area contributed by atoms with Gasteiger partial charge < -0.3 is 50.0 Å². The Balaban J connectivity index is 1.14. The van der Waals surface area contributed by atoms with Gasteiger partial charge in [-0.3, -0.25) is 4.79 Å². The Morgan fingerprint density at radius 1 is 0.828 bits per heavy atom. The molecule has 1 aromatic heterocycles. The number of fused-ring (bicyclic) bond motifs is 1. The zero-order valence-corrected chi connectivity index (χ0v) is 35.1. The summed E-state index contributed by atoms with van der Waals surface area (Å²) in [6.07, 6.45) is 4.71. The van der Waals surface area contributed by atoms with Crippen LogP contribution in [0.15, 0.2) is 85.1 Å². The summed E-state index contributed by atoms with van der Waals surface area (Å²) in [6.45, 7) is 11.9. The van der Waals surface area contributed by atoms with Crippen LogP contribution in [0.5, 0.6) is 23.0 Å². The number of amides is 3. The van der Waals surface area contributed by atoms with Gasteiger partial charge in [0.25, 0.3) is 5.91 Å². The molecule has 1 aliphatic rings. The van der Waals surface area contributed by atoms with Gasteiger partial charge in [0.2, 0.25) is 0 Å². The molecule has 4 aromatic carbocycles. The van der Waals surface area contributed by atoms with Gasteiger partial charge in [0.1, 0.15) is 23.1 Å². The first-order chi connectivity index (χ1) is 27.9. The lowest BCUT2D eigenvalue weighted by Crippen LogP contribution is -2.36. The third-order valence-electron chi connectivity index (χ3n) is 9.91. The molecule has 0 atom stereocenters. The first-order valence-electron chi connectivity index (χ1n) is 19.3. The summed E-state index contributed by atoms with van der Waals surface area (Å²) in [6, 6.07) is 23.8. The number of rotatable bonds is 14. The average Bonchev–Trinajstić information content (AvgIpc) is 3.41. The van der Waals surface area contributed by atoms with Crippen molar-refractivity contribution in [2.24, 2.45) is 0 Å². The lowest BCUT2D eigenvalue weighted by Gasteiger charge is -2.24. The number of urea groups is 1. The number of hydrogen-bond acceptors (Lipinski definition) is 11. The second-order valence-corrected chi connectivity index (χ2v) is 15.8.